The van der Waals surface area contributed by atoms with Crippen molar-refractivity contribution in [1.82, 2.24) is 4.98 Å². The highest BCUT2D eigenvalue weighted by Crippen LogP contribution is 2.32. The first-order valence-corrected chi connectivity index (χ1v) is 7.97. The summed E-state index contributed by atoms with van der Waals surface area (Å²) in [7, 11) is 0. The average Bonchev–Trinajstić information content (AvgIpc) is 3.12. The third-order valence-electron chi connectivity index (χ3n) is 4.37. The number of hydrogen-bond donors (Lipinski definition) is 0. The minimum atomic E-state index is 0.129. The third-order valence-corrected chi connectivity index (χ3v) is 4.37. The van der Waals surface area contributed by atoms with Crippen LogP contribution in [-0.4, -0.2) is 16.9 Å². The number of amides is 1. The predicted octanol–water partition coefficient (Wildman–Crippen LogP) is 3.74. The van der Waals surface area contributed by atoms with Gasteiger partial charge in [-0.3, -0.25) is 4.79 Å². The zero-order chi connectivity index (χ0) is 15.8. The maximum atomic E-state index is 12.7. The molecule has 1 aromatic heterocycles. The number of rotatable bonds is 3. The minimum Gasteiger partial charge on any atom is -0.441 e. The first-order chi connectivity index (χ1) is 11.2. The highest BCUT2D eigenvalue weighted by atomic mass is 16.3. The maximum Gasteiger partial charge on any atom is 0.227 e. The number of aryl methyl sites for hydroxylation is 1. The van der Waals surface area contributed by atoms with Crippen molar-refractivity contribution in [3.63, 3.8) is 0 Å². The first-order valence-electron chi connectivity index (χ1n) is 7.97. The van der Waals surface area contributed by atoms with E-state index in [1.165, 1.54) is 5.56 Å². The Balaban J connectivity index is 1.50. The fourth-order valence-electron chi connectivity index (χ4n) is 3.31. The quantitative estimate of drug-likeness (QED) is 0.740. The van der Waals surface area contributed by atoms with Crippen molar-refractivity contribution in [2.45, 2.75) is 32.2 Å². The molecule has 3 aromatic rings. The molecule has 0 bridgehead atoms. The number of anilines is 1. The van der Waals surface area contributed by atoms with Crippen LogP contribution >= 0.6 is 0 Å². The molecule has 1 aliphatic rings. The zero-order valence-electron chi connectivity index (χ0n) is 13.0. The summed E-state index contributed by atoms with van der Waals surface area (Å²) in [6.45, 7) is 2.09. The van der Waals surface area contributed by atoms with Crippen LogP contribution in [0.15, 0.2) is 52.9 Å². The summed E-state index contributed by atoms with van der Waals surface area (Å²) in [4.78, 5) is 19.0. The maximum absolute atomic E-state index is 12.7. The normalized spacial score (nSPS) is 16.7. The predicted molar refractivity (Wildman–Crippen MR) is 89.4 cm³/mol. The minimum absolute atomic E-state index is 0.129. The lowest BCUT2D eigenvalue weighted by Crippen LogP contribution is -2.35. The van der Waals surface area contributed by atoms with Crippen molar-refractivity contribution in [2.24, 2.45) is 0 Å². The second-order valence-corrected chi connectivity index (χ2v) is 6.02. The van der Waals surface area contributed by atoms with E-state index >= 15 is 0 Å². The van der Waals surface area contributed by atoms with Gasteiger partial charge >= 0.3 is 0 Å². The van der Waals surface area contributed by atoms with Crippen LogP contribution in [-0.2, 0) is 17.6 Å². The highest BCUT2D eigenvalue weighted by Gasteiger charge is 2.30. The van der Waals surface area contributed by atoms with E-state index in [0.29, 0.717) is 18.7 Å². The van der Waals surface area contributed by atoms with E-state index in [0.717, 1.165) is 23.2 Å². The Morgan fingerprint density at radius 2 is 2.00 bits per heavy atom. The molecular weight excluding hydrogens is 288 g/mol. The molecule has 1 aliphatic heterocycles. The van der Waals surface area contributed by atoms with Gasteiger partial charge in [0.15, 0.2) is 11.5 Å². The van der Waals surface area contributed by atoms with Crippen molar-refractivity contribution in [3.05, 3.63) is 60.0 Å². The second kappa shape index (κ2) is 5.54. The molecule has 2 heterocycles. The summed E-state index contributed by atoms with van der Waals surface area (Å²) in [5.41, 5.74) is 3.91. The molecule has 0 fully saturated rings. The SMILES string of the molecule is CC1Cc2ccccc2N1C(=O)CCc1nc2ccccc2o1. The molecule has 23 heavy (non-hydrogen) atoms. The summed E-state index contributed by atoms with van der Waals surface area (Å²) in [5.74, 6) is 0.754. The number of hydrogen-bond acceptors (Lipinski definition) is 3. The second-order valence-electron chi connectivity index (χ2n) is 6.02. The van der Waals surface area contributed by atoms with E-state index in [9.17, 15) is 4.79 Å². The van der Waals surface area contributed by atoms with Gasteiger partial charge in [-0.25, -0.2) is 4.98 Å². The van der Waals surface area contributed by atoms with Gasteiger partial charge in [0.25, 0.3) is 0 Å². The third kappa shape index (κ3) is 2.50. The van der Waals surface area contributed by atoms with Crippen LogP contribution < -0.4 is 4.90 Å². The van der Waals surface area contributed by atoms with Gasteiger partial charge < -0.3 is 9.32 Å². The molecule has 0 aliphatic carbocycles. The molecule has 0 spiro atoms. The molecule has 0 N–H and O–H groups in total. The lowest BCUT2D eigenvalue weighted by atomic mass is 10.1. The lowest BCUT2D eigenvalue weighted by Gasteiger charge is -2.22. The topological polar surface area (TPSA) is 46.3 Å². The molecule has 2 aromatic carbocycles. The molecule has 0 saturated carbocycles. The van der Waals surface area contributed by atoms with Gasteiger partial charge in [-0.2, -0.15) is 0 Å². The van der Waals surface area contributed by atoms with E-state index in [1.807, 2.05) is 47.4 Å². The first kappa shape index (κ1) is 14.0. The van der Waals surface area contributed by atoms with Gasteiger partial charge in [0.1, 0.15) is 5.52 Å². The summed E-state index contributed by atoms with van der Waals surface area (Å²) < 4.78 is 5.70. The number of benzene rings is 2. The highest BCUT2D eigenvalue weighted by molar-refractivity contribution is 5.96. The summed E-state index contributed by atoms with van der Waals surface area (Å²) >= 11 is 0. The zero-order valence-corrected chi connectivity index (χ0v) is 13.0. The lowest BCUT2D eigenvalue weighted by molar-refractivity contribution is -0.118. The fraction of sp³-hybridized carbons (Fsp3) is 0.263. The number of para-hydroxylation sites is 3. The molecule has 4 heteroatoms. The monoisotopic (exact) mass is 306 g/mol. The van der Waals surface area contributed by atoms with Gasteiger partial charge in [-0.05, 0) is 37.1 Å². The number of fused-ring (bicyclic) bond motifs is 2. The molecule has 4 rings (SSSR count). The van der Waals surface area contributed by atoms with Crippen molar-refractivity contribution in [1.29, 1.82) is 0 Å². The van der Waals surface area contributed by atoms with E-state index in [2.05, 4.69) is 18.0 Å². The van der Waals surface area contributed by atoms with Crippen LogP contribution in [0, 0.1) is 0 Å². The van der Waals surface area contributed by atoms with Crippen molar-refractivity contribution in [3.8, 4) is 0 Å². The largest absolute Gasteiger partial charge is 0.441 e. The summed E-state index contributed by atoms with van der Waals surface area (Å²) in [6.07, 6.45) is 1.86. The molecule has 0 saturated heterocycles. The Morgan fingerprint density at radius 3 is 2.87 bits per heavy atom. The van der Waals surface area contributed by atoms with Crippen LogP contribution in [0.5, 0.6) is 0 Å². The Kier molecular flexibility index (Phi) is 3.37. The molecular formula is C19H18N2O2. The van der Waals surface area contributed by atoms with Crippen LogP contribution in [0.3, 0.4) is 0 Å². The number of carbonyl (C=O) groups excluding carboxylic acids is 1. The van der Waals surface area contributed by atoms with Crippen molar-refractivity contribution >= 4 is 22.7 Å². The van der Waals surface area contributed by atoms with Gasteiger partial charge in [-0.15, -0.1) is 0 Å². The van der Waals surface area contributed by atoms with Crippen molar-refractivity contribution < 1.29 is 9.21 Å². The number of oxazole rings is 1. The molecule has 1 amide bonds. The molecule has 0 radical (unpaired) electrons. The van der Waals surface area contributed by atoms with E-state index < -0.39 is 0 Å². The number of nitrogens with zero attached hydrogens (tertiary/aromatic N) is 2. The van der Waals surface area contributed by atoms with Gasteiger partial charge in [0, 0.05) is 24.6 Å². The van der Waals surface area contributed by atoms with Crippen LogP contribution in [0.4, 0.5) is 5.69 Å². The number of carbonyl (C=O) groups is 1. The van der Waals surface area contributed by atoms with Crippen LogP contribution in [0.25, 0.3) is 11.1 Å². The fourth-order valence-corrected chi connectivity index (χ4v) is 3.31. The van der Waals surface area contributed by atoms with E-state index in [1.54, 1.807) is 0 Å². The number of aromatic nitrogens is 1. The average molecular weight is 306 g/mol. The Hall–Kier alpha value is -2.62. The summed E-state index contributed by atoms with van der Waals surface area (Å²) in [6, 6.07) is 16.0. The molecule has 1 atom stereocenters. The Labute approximate surface area is 134 Å². The molecule has 1 unspecified atom stereocenters. The molecule has 4 nitrogen and oxygen atoms in total. The van der Waals surface area contributed by atoms with Crippen LogP contribution in [0.2, 0.25) is 0 Å². The molecule has 116 valence electrons. The van der Waals surface area contributed by atoms with Gasteiger partial charge in [-0.1, -0.05) is 30.3 Å². The van der Waals surface area contributed by atoms with Crippen LogP contribution in [0.1, 0.15) is 24.8 Å². The van der Waals surface area contributed by atoms with Gasteiger partial charge in [0.05, 0.1) is 0 Å². The van der Waals surface area contributed by atoms with E-state index in [-0.39, 0.29) is 11.9 Å². The van der Waals surface area contributed by atoms with Crippen molar-refractivity contribution in [2.75, 3.05) is 4.90 Å². The Morgan fingerprint density at radius 1 is 1.22 bits per heavy atom. The van der Waals surface area contributed by atoms with E-state index in [4.69, 9.17) is 4.42 Å². The Bertz CT molecular complexity index is 835. The smallest absolute Gasteiger partial charge is 0.227 e. The summed E-state index contributed by atoms with van der Waals surface area (Å²) in [5, 5.41) is 0. The standard InChI is InChI=1S/C19H18N2O2/c1-13-12-14-6-2-4-8-16(14)21(13)19(22)11-10-18-20-15-7-3-5-9-17(15)23-18/h2-9,13H,10-12H2,1H3. The van der Waals surface area contributed by atoms with Gasteiger partial charge in [0.2, 0.25) is 5.91 Å².